The Hall–Kier alpha value is -1.33. The molecule has 0 radical (unpaired) electrons. The molecular formula is C16H20ClFN2O2. The normalized spacial score (nSPS) is 21.8. The Labute approximate surface area is 134 Å². The van der Waals surface area contributed by atoms with E-state index in [1.54, 1.807) is 17.9 Å². The minimum absolute atomic E-state index is 0.187. The Bertz CT molecular complexity index is 582. The summed E-state index contributed by atoms with van der Waals surface area (Å²) in [5.74, 6) is -0.187. The van der Waals surface area contributed by atoms with Gasteiger partial charge in [-0.15, -0.1) is 0 Å². The van der Waals surface area contributed by atoms with E-state index in [1.165, 1.54) is 6.07 Å². The van der Waals surface area contributed by atoms with Crippen molar-refractivity contribution in [3.63, 3.8) is 0 Å². The maximum Gasteiger partial charge on any atom is 0.409 e. The van der Waals surface area contributed by atoms with Crippen LogP contribution in [0.2, 0.25) is 5.02 Å². The van der Waals surface area contributed by atoms with Gasteiger partial charge in [0.1, 0.15) is 5.82 Å². The molecule has 1 aromatic carbocycles. The Morgan fingerprint density at radius 2 is 2.23 bits per heavy atom. The van der Waals surface area contributed by atoms with Crippen LogP contribution >= 0.6 is 11.6 Å². The van der Waals surface area contributed by atoms with Crippen LogP contribution in [-0.2, 0) is 17.7 Å². The largest absolute Gasteiger partial charge is 0.450 e. The second kappa shape index (κ2) is 6.42. The van der Waals surface area contributed by atoms with E-state index in [-0.39, 0.29) is 18.0 Å². The van der Waals surface area contributed by atoms with Crippen LogP contribution in [0.5, 0.6) is 0 Å². The Balaban J connectivity index is 1.77. The first-order valence-corrected chi connectivity index (χ1v) is 8.09. The van der Waals surface area contributed by atoms with Gasteiger partial charge in [-0.05, 0) is 37.5 Å². The van der Waals surface area contributed by atoms with Crippen molar-refractivity contribution in [2.45, 2.75) is 32.4 Å². The van der Waals surface area contributed by atoms with Gasteiger partial charge >= 0.3 is 6.09 Å². The van der Waals surface area contributed by atoms with Gasteiger partial charge in [-0.2, -0.15) is 0 Å². The van der Waals surface area contributed by atoms with Crippen LogP contribution in [-0.4, -0.2) is 48.2 Å². The monoisotopic (exact) mass is 326 g/mol. The average molecular weight is 327 g/mol. The van der Waals surface area contributed by atoms with Crippen LogP contribution in [0.1, 0.15) is 24.5 Å². The summed E-state index contributed by atoms with van der Waals surface area (Å²) in [5, 5.41) is 0.637. The number of benzene rings is 1. The number of halogens is 2. The van der Waals surface area contributed by atoms with Crippen LogP contribution < -0.4 is 0 Å². The maximum atomic E-state index is 14.1. The fraction of sp³-hybridized carbons (Fsp3) is 0.562. The zero-order valence-electron chi connectivity index (χ0n) is 12.6. The van der Waals surface area contributed by atoms with Crippen LogP contribution in [0, 0.1) is 5.82 Å². The van der Waals surface area contributed by atoms with E-state index in [2.05, 4.69) is 4.90 Å². The van der Waals surface area contributed by atoms with Gasteiger partial charge in [0.25, 0.3) is 0 Å². The fourth-order valence-electron chi connectivity index (χ4n) is 3.35. The molecule has 2 aliphatic heterocycles. The first-order chi connectivity index (χ1) is 10.6. The van der Waals surface area contributed by atoms with Gasteiger partial charge in [0.15, 0.2) is 0 Å². The van der Waals surface area contributed by atoms with E-state index in [4.69, 9.17) is 16.3 Å². The fourth-order valence-corrected chi connectivity index (χ4v) is 3.62. The second-order valence-corrected chi connectivity index (χ2v) is 6.20. The van der Waals surface area contributed by atoms with Crippen molar-refractivity contribution >= 4 is 17.7 Å². The maximum absolute atomic E-state index is 14.1. The first kappa shape index (κ1) is 15.6. The van der Waals surface area contributed by atoms with Crippen molar-refractivity contribution < 1.29 is 13.9 Å². The minimum atomic E-state index is -0.256. The van der Waals surface area contributed by atoms with Crippen LogP contribution in [0.4, 0.5) is 9.18 Å². The predicted molar refractivity (Wildman–Crippen MR) is 82.5 cm³/mol. The molecule has 2 aliphatic rings. The summed E-state index contributed by atoms with van der Waals surface area (Å²) in [5.41, 5.74) is 1.62. The number of ether oxygens (including phenoxy) is 1. The molecule has 120 valence electrons. The summed E-state index contributed by atoms with van der Waals surface area (Å²) in [6.45, 7) is 4.73. The third-order valence-electron chi connectivity index (χ3n) is 4.54. The van der Waals surface area contributed by atoms with E-state index in [0.717, 1.165) is 24.9 Å². The molecule has 0 bridgehead atoms. The van der Waals surface area contributed by atoms with Gasteiger partial charge < -0.3 is 9.64 Å². The summed E-state index contributed by atoms with van der Waals surface area (Å²) >= 11 is 6.23. The summed E-state index contributed by atoms with van der Waals surface area (Å²) < 4.78 is 19.2. The Morgan fingerprint density at radius 3 is 3.00 bits per heavy atom. The number of carbonyl (C=O) groups excluding carboxylic acids is 1. The lowest BCUT2D eigenvalue weighted by Crippen LogP contribution is -2.54. The Morgan fingerprint density at radius 1 is 1.41 bits per heavy atom. The number of piperazine rings is 1. The molecule has 1 saturated heterocycles. The SMILES string of the molecule is CCOC(=O)N1CCN2Cc3c(F)ccc(Cl)c3CCC2C1. The number of carbonyl (C=O) groups is 1. The van der Waals surface area contributed by atoms with Crippen LogP contribution in [0.3, 0.4) is 0 Å². The lowest BCUT2D eigenvalue weighted by Gasteiger charge is -2.40. The molecule has 2 heterocycles. The van der Waals surface area contributed by atoms with Gasteiger partial charge in [0, 0.05) is 42.8 Å². The highest BCUT2D eigenvalue weighted by Crippen LogP contribution is 2.31. The van der Waals surface area contributed by atoms with E-state index in [1.807, 2.05) is 0 Å². The molecule has 1 aromatic rings. The summed E-state index contributed by atoms with van der Waals surface area (Å²) in [4.78, 5) is 15.9. The van der Waals surface area contributed by atoms with Crippen molar-refractivity contribution in [1.29, 1.82) is 0 Å². The number of hydrogen-bond acceptors (Lipinski definition) is 3. The quantitative estimate of drug-likeness (QED) is 0.795. The van der Waals surface area contributed by atoms with Crippen molar-refractivity contribution in [1.82, 2.24) is 9.80 Å². The molecule has 1 atom stereocenters. The number of hydrogen-bond donors (Lipinski definition) is 0. The zero-order valence-corrected chi connectivity index (χ0v) is 13.4. The highest BCUT2D eigenvalue weighted by molar-refractivity contribution is 6.31. The molecular weight excluding hydrogens is 307 g/mol. The van der Waals surface area contributed by atoms with Crippen LogP contribution in [0.25, 0.3) is 0 Å². The van der Waals surface area contributed by atoms with E-state index in [9.17, 15) is 9.18 Å². The first-order valence-electron chi connectivity index (χ1n) is 7.71. The molecule has 0 aliphatic carbocycles. The van der Waals surface area contributed by atoms with Gasteiger partial charge in [0.2, 0.25) is 0 Å². The average Bonchev–Trinajstić information content (AvgIpc) is 2.71. The van der Waals surface area contributed by atoms with Crippen molar-refractivity contribution in [2.24, 2.45) is 0 Å². The standard InChI is InChI=1S/C16H20ClFN2O2/c1-2-22-16(21)20-8-7-19-10-13-12(4-3-11(19)9-20)14(17)5-6-15(13)18/h5-6,11H,2-4,7-10H2,1H3. The molecule has 22 heavy (non-hydrogen) atoms. The zero-order chi connectivity index (χ0) is 15.7. The summed E-state index contributed by atoms with van der Waals surface area (Å²) in [7, 11) is 0. The molecule has 0 saturated carbocycles. The molecule has 1 unspecified atom stereocenters. The van der Waals surface area contributed by atoms with E-state index < -0.39 is 0 Å². The molecule has 0 N–H and O–H groups in total. The molecule has 4 nitrogen and oxygen atoms in total. The summed E-state index contributed by atoms with van der Waals surface area (Å²) in [6.07, 6.45) is 1.35. The van der Waals surface area contributed by atoms with Gasteiger partial charge in [-0.1, -0.05) is 11.6 Å². The smallest absolute Gasteiger partial charge is 0.409 e. The van der Waals surface area contributed by atoms with Crippen molar-refractivity contribution in [3.05, 3.63) is 34.1 Å². The van der Waals surface area contributed by atoms with Crippen molar-refractivity contribution in [3.8, 4) is 0 Å². The lowest BCUT2D eigenvalue weighted by atomic mass is 10.0. The highest BCUT2D eigenvalue weighted by Gasteiger charge is 2.33. The Kier molecular flexibility index (Phi) is 4.54. The molecule has 3 rings (SSSR count). The molecule has 0 aromatic heterocycles. The third kappa shape index (κ3) is 2.92. The van der Waals surface area contributed by atoms with E-state index in [0.29, 0.717) is 36.8 Å². The van der Waals surface area contributed by atoms with Gasteiger partial charge in [-0.25, -0.2) is 9.18 Å². The number of fused-ring (bicyclic) bond motifs is 2. The van der Waals surface area contributed by atoms with Crippen LogP contribution in [0.15, 0.2) is 12.1 Å². The number of rotatable bonds is 1. The minimum Gasteiger partial charge on any atom is -0.450 e. The number of nitrogens with zero attached hydrogens (tertiary/aromatic N) is 2. The molecule has 1 fully saturated rings. The van der Waals surface area contributed by atoms with Gasteiger partial charge in [-0.3, -0.25) is 4.90 Å². The summed E-state index contributed by atoms with van der Waals surface area (Å²) in [6, 6.07) is 3.29. The predicted octanol–water partition coefficient (Wildman–Crippen LogP) is 3.07. The van der Waals surface area contributed by atoms with Gasteiger partial charge in [0.05, 0.1) is 6.61 Å². The molecule has 0 spiro atoms. The molecule has 1 amide bonds. The highest BCUT2D eigenvalue weighted by atomic mass is 35.5. The van der Waals surface area contributed by atoms with Crippen molar-refractivity contribution in [2.75, 3.05) is 26.2 Å². The van der Waals surface area contributed by atoms with E-state index >= 15 is 0 Å². The number of amides is 1. The second-order valence-electron chi connectivity index (χ2n) is 5.79. The lowest BCUT2D eigenvalue weighted by molar-refractivity contribution is 0.0481. The third-order valence-corrected chi connectivity index (χ3v) is 4.89. The topological polar surface area (TPSA) is 32.8 Å². The molecule has 6 heteroatoms.